The van der Waals surface area contributed by atoms with E-state index >= 15 is 0 Å². The summed E-state index contributed by atoms with van der Waals surface area (Å²) in [6, 6.07) is 4.34. The van der Waals surface area contributed by atoms with Gasteiger partial charge in [-0.3, -0.25) is 4.79 Å². The summed E-state index contributed by atoms with van der Waals surface area (Å²) < 4.78 is 19.3. The lowest BCUT2D eigenvalue weighted by Crippen LogP contribution is -2.32. The lowest BCUT2D eigenvalue weighted by atomic mass is 10.2. The van der Waals surface area contributed by atoms with E-state index in [1.807, 2.05) is 13.8 Å². The minimum Gasteiger partial charge on any atom is -0.397 e. The van der Waals surface area contributed by atoms with E-state index in [2.05, 4.69) is 5.32 Å². The fraction of sp³-hybridized carbons (Fsp3) is 0.357. The molecule has 0 aliphatic carbocycles. The van der Waals surface area contributed by atoms with Crippen LogP contribution >= 0.6 is 11.3 Å². The maximum absolute atomic E-state index is 13.2. The van der Waals surface area contributed by atoms with Crippen LogP contribution < -0.4 is 11.1 Å². The highest BCUT2D eigenvalue weighted by Crippen LogP contribution is 2.33. The Morgan fingerprint density at radius 3 is 3.00 bits per heavy atom. The Labute approximate surface area is 120 Å². The van der Waals surface area contributed by atoms with E-state index < -0.39 is 0 Å². The highest BCUT2D eigenvalue weighted by molar-refractivity contribution is 7.21. The lowest BCUT2D eigenvalue weighted by molar-refractivity contribution is 0.0697. The van der Waals surface area contributed by atoms with E-state index in [0.29, 0.717) is 29.1 Å². The molecule has 0 aliphatic rings. The first-order chi connectivity index (χ1) is 9.52. The Balaban J connectivity index is 2.16. The van der Waals surface area contributed by atoms with Gasteiger partial charge >= 0.3 is 0 Å². The number of rotatable bonds is 5. The summed E-state index contributed by atoms with van der Waals surface area (Å²) in [7, 11) is 0. The van der Waals surface area contributed by atoms with E-state index in [1.54, 1.807) is 6.07 Å². The van der Waals surface area contributed by atoms with Gasteiger partial charge in [-0.05, 0) is 32.0 Å². The molecule has 0 bridgehead atoms. The van der Waals surface area contributed by atoms with Crippen molar-refractivity contribution in [2.75, 3.05) is 18.9 Å². The van der Waals surface area contributed by atoms with Crippen molar-refractivity contribution < 1.29 is 13.9 Å². The molecule has 0 aliphatic heterocycles. The second-order valence-electron chi connectivity index (χ2n) is 4.46. The summed E-state index contributed by atoms with van der Waals surface area (Å²) >= 11 is 1.26. The van der Waals surface area contributed by atoms with Crippen molar-refractivity contribution in [3.8, 4) is 0 Å². The maximum Gasteiger partial charge on any atom is 0.263 e. The molecule has 2 rings (SSSR count). The van der Waals surface area contributed by atoms with Gasteiger partial charge in [0.25, 0.3) is 5.91 Å². The zero-order chi connectivity index (χ0) is 14.7. The Kier molecular flexibility index (Phi) is 4.57. The van der Waals surface area contributed by atoms with Crippen LogP contribution in [0.5, 0.6) is 0 Å². The molecule has 1 atom stereocenters. The van der Waals surface area contributed by atoms with Gasteiger partial charge < -0.3 is 15.8 Å². The third kappa shape index (κ3) is 3.08. The summed E-state index contributed by atoms with van der Waals surface area (Å²) in [5.41, 5.74) is 6.25. The molecule has 20 heavy (non-hydrogen) atoms. The van der Waals surface area contributed by atoms with Gasteiger partial charge in [-0.15, -0.1) is 11.3 Å². The Bertz CT molecular complexity index is 627. The third-order valence-electron chi connectivity index (χ3n) is 2.90. The number of fused-ring (bicyclic) bond motifs is 1. The van der Waals surface area contributed by atoms with Crippen molar-refractivity contribution in [2.24, 2.45) is 0 Å². The number of benzene rings is 1. The molecule has 0 radical (unpaired) electrons. The number of ether oxygens (including phenoxy) is 1. The van der Waals surface area contributed by atoms with Crippen molar-refractivity contribution in [3.63, 3.8) is 0 Å². The minimum atomic E-state index is -0.362. The van der Waals surface area contributed by atoms with Crippen LogP contribution in [0.4, 0.5) is 10.1 Å². The molecule has 2 aromatic rings. The van der Waals surface area contributed by atoms with Gasteiger partial charge in [0, 0.05) is 23.2 Å². The number of nitrogens with one attached hydrogen (secondary N) is 1. The van der Waals surface area contributed by atoms with Gasteiger partial charge in [-0.2, -0.15) is 0 Å². The molecule has 0 saturated heterocycles. The summed E-state index contributed by atoms with van der Waals surface area (Å²) in [6.07, 6.45) is -0.0583. The molecule has 108 valence electrons. The van der Waals surface area contributed by atoms with Crippen molar-refractivity contribution in [3.05, 3.63) is 28.9 Å². The molecule has 6 heteroatoms. The smallest absolute Gasteiger partial charge is 0.263 e. The van der Waals surface area contributed by atoms with E-state index in [9.17, 15) is 9.18 Å². The molecule has 1 amide bonds. The number of hydrogen-bond acceptors (Lipinski definition) is 4. The maximum atomic E-state index is 13.2. The van der Waals surface area contributed by atoms with Gasteiger partial charge in [0.2, 0.25) is 0 Å². The fourth-order valence-electron chi connectivity index (χ4n) is 1.92. The third-order valence-corrected chi connectivity index (χ3v) is 4.08. The number of carbonyl (C=O) groups excluding carboxylic acids is 1. The van der Waals surface area contributed by atoms with Crippen LogP contribution in [0, 0.1) is 5.82 Å². The minimum absolute atomic E-state index is 0.0583. The van der Waals surface area contributed by atoms with Crippen LogP contribution in [0.25, 0.3) is 10.1 Å². The molecule has 0 saturated carbocycles. The number of thiophene rings is 1. The average Bonchev–Trinajstić information content (AvgIpc) is 2.74. The fourth-order valence-corrected chi connectivity index (χ4v) is 2.94. The highest BCUT2D eigenvalue weighted by atomic mass is 32.1. The molecule has 4 nitrogen and oxygen atoms in total. The normalized spacial score (nSPS) is 12.6. The number of halogens is 1. The lowest BCUT2D eigenvalue weighted by Gasteiger charge is -2.12. The van der Waals surface area contributed by atoms with Gasteiger partial charge in [0.05, 0.1) is 11.8 Å². The van der Waals surface area contributed by atoms with E-state index in [-0.39, 0.29) is 17.8 Å². The van der Waals surface area contributed by atoms with Crippen LogP contribution in [-0.4, -0.2) is 25.2 Å². The van der Waals surface area contributed by atoms with Gasteiger partial charge in [0.15, 0.2) is 0 Å². The monoisotopic (exact) mass is 296 g/mol. The predicted molar refractivity (Wildman–Crippen MR) is 79.6 cm³/mol. The van der Waals surface area contributed by atoms with Crippen molar-refractivity contribution in [1.29, 1.82) is 0 Å². The summed E-state index contributed by atoms with van der Waals surface area (Å²) in [5.74, 6) is -0.616. The van der Waals surface area contributed by atoms with Crippen molar-refractivity contribution in [1.82, 2.24) is 5.32 Å². The number of nitrogens with two attached hydrogens (primary N) is 1. The second kappa shape index (κ2) is 6.19. The first-order valence-electron chi connectivity index (χ1n) is 6.40. The zero-order valence-corrected chi connectivity index (χ0v) is 12.2. The van der Waals surface area contributed by atoms with E-state index in [0.717, 1.165) is 4.70 Å². The molecule has 1 unspecified atom stereocenters. The van der Waals surface area contributed by atoms with E-state index in [1.165, 1.54) is 23.5 Å². The number of amides is 1. The molecule has 0 fully saturated rings. The van der Waals surface area contributed by atoms with E-state index in [4.69, 9.17) is 10.5 Å². The van der Waals surface area contributed by atoms with Gasteiger partial charge in [0.1, 0.15) is 10.7 Å². The number of carbonyl (C=O) groups is 1. The molecule has 1 aromatic carbocycles. The standard InChI is InChI=1S/C14H17FN2O2S/c1-3-19-8(2)7-17-14(18)13-12(16)10-6-9(15)4-5-11(10)20-13/h4-6,8H,3,7,16H2,1-2H3,(H,17,18). The number of anilines is 1. The first kappa shape index (κ1) is 14.7. The first-order valence-corrected chi connectivity index (χ1v) is 7.22. The Morgan fingerprint density at radius 2 is 2.30 bits per heavy atom. The van der Waals surface area contributed by atoms with Crippen LogP contribution in [0.3, 0.4) is 0 Å². The van der Waals surface area contributed by atoms with Crippen molar-refractivity contribution in [2.45, 2.75) is 20.0 Å². The Hall–Kier alpha value is -1.66. The molecular weight excluding hydrogens is 279 g/mol. The van der Waals surface area contributed by atoms with Crippen LogP contribution in [0.2, 0.25) is 0 Å². The molecular formula is C14H17FN2O2S. The molecule has 1 aromatic heterocycles. The molecule has 3 N–H and O–H groups in total. The highest BCUT2D eigenvalue weighted by Gasteiger charge is 2.17. The van der Waals surface area contributed by atoms with Crippen molar-refractivity contribution >= 4 is 33.0 Å². The summed E-state index contributed by atoms with van der Waals surface area (Å²) in [4.78, 5) is 12.5. The predicted octanol–water partition coefficient (Wildman–Crippen LogP) is 2.78. The second-order valence-corrected chi connectivity index (χ2v) is 5.51. The Morgan fingerprint density at radius 1 is 1.55 bits per heavy atom. The van der Waals surface area contributed by atoms with Gasteiger partial charge in [-0.25, -0.2) is 4.39 Å². The topological polar surface area (TPSA) is 64.3 Å². The molecule has 0 spiro atoms. The number of hydrogen-bond donors (Lipinski definition) is 2. The van der Waals surface area contributed by atoms with Crippen LogP contribution in [0.15, 0.2) is 18.2 Å². The SMILES string of the molecule is CCOC(C)CNC(=O)c1sc2ccc(F)cc2c1N. The zero-order valence-electron chi connectivity index (χ0n) is 11.4. The molecule has 1 heterocycles. The summed E-state index contributed by atoms with van der Waals surface area (Å²) in [5, 5.41) is 3.35. The van der Waals surface area contributed by atoms with Gasteiger partial charge in [-0.1, -0.05) is 0 Å². The average molecular weight is 296 g/mol. The van der Waals surface area contributed by atoms with Crippen LogP contribution in [-0.2, 0) is 4.74 Å². The largest absolute Gasteiger partial charge is 0.397 e. The number of nitrogen functional groups attached to an aromatic ring is 1. The quantitative estimate of drug-likeness (QED) is 0.891. The van der Waals surface area contributed by atoms with Crippen LogP contribution in [0.1, 0.15) is 23.5 Å². The summed E-state index contributed by atoms with van der Waals surface area (Å²) in [6.45, 7) is 4.79.